The average molecular weight is 224 g/mol. The molecule has 0 aliphatic rings. The molecule has 0 radical (unpaired) electrons. The van der Waals surface area contributed by atoms with E-state index >= 15 is 0 Å². The van der Waals surface area contributed by atoms with Crippen LogP contribution in [0.2, 0.25) is 0 Å². The second-order valence-electron chi connectivity index (χ2n) is 3.32. The van der Waals surface area contributed by atoms with Gasteiger partial charge in [-0.3, -0.25) is 9.78 Å². The maximum atomic E-state index is 11.5. The van der Waals surface area contributed by atoms with Crippen molar-refractivity contribution < 1.29 is 19.8 Å². The number of aromatic nitrogens is 1. The Morgan fingerprint density at radius 2 is 2.19 bits per heavy atom. The molecule has 16 heavy (non-hydrogen) atoms. The monoisotopic (exact) mass is 224 g/mol. The molecule has 6 heteroatoms. The summed E-state index contributed by atoms with van der Waals surface area (Å²) in [5, 5.41) is 19.6. The normalized spacial score (nSPS) is 11.9. The van der Waals surface area contributed by atoms with E-state index in [1.165, 1.54) is 6.20 Å². The molecule has 0 fully saturated rings. The molecular weight excluding hydrogens is 212 g/mol. The number of hydrogen-bond acceptors (Lipinski definition) is 4. The molecular formula is C10H12N2O4. The Morgan fingerprint density at radius 1 is 1.50 bits per heavy atom. The quantitative estimate of drug-likeness (QED) is 0.644. The van der Waals surface area contributed by atoms with E-state index in [-0.39, 0.29) is 6.54 Å². The second kappa shape index (κ2) is 5.22. The van der Waals surface area contributed by atoms with Gasteiger partial charge in [-0.15, -0.1) is 0 Å². The number of carboxylic acid groups (broad SMARTS) is 1. The number of amides is 1. The van der Waals surface area contributed by atoms with E-state index < -0.39 is 18.0 Å². The van der Waals surface area contributed by atoms with Crippen LogP contribution >= 0.6 is 0 Å². The number of aryl methyl sites for hydroxylation is 1. The average Bonchev–Trinajstić information content (AvgIpc) is 2.25. The lowest BCUT2D eigenvalue weighted by molar-refractivity contribution is -0.146. The topological polar surface area (TPSA) is 99.5 Å². The van der Waals surface area contributed by atoms with E-state index in [0.717, 1.165) is 5.56 Å². The number of nitrogens with one attached hydrogen (secondary N) is 1. The fraction of sp³-hybridized carbons (Fsp3) is 0.300. The first-order chi connectivity index (χ1) is 7.50. The van der Waals surface area contributed by atoms with Gasteiger partial charge in [0.05, 0.1) is 12.1 Å². The summed E-state index contributed by atoms with van der Waals surface area (Å²) in [5.74, 6) is -1.83. The number of aliphatic hydroxyl groups excluding tert-OH is 1. The zero-order chi connectivity index (χ0) is 12.1. The molecule has 0 bridgehead atoms. The molecule has 1 heterocycles. The highest BCUT2D eigenvalue weighted by atomic mass is 16.4. The molecule has 0 aliphatic heterocycles. The maximum Gasteiger partial charge on any atom is 0.334 e. The molecule has 6 nitrogen and oxygen atoms in total. The highest BCUT2D eigenvalue weighted by Gasteiger charge is 2.14. The Kier molecular flexibility index (Phi) is 3.96. The summed E-state index contributed by atoms with van der Waals surface area (Å²) in [5.41, 5.74) is 1.16. The van der Waals surface area contributed by atoms with Gasteiger partial charge in [0.25, 0.3) is 5.91 Å². The summed E-state index contributed by atoms with van der Waals surface area (Å²) in [6.45, 7) is 1.46. The van der Waals surface area contributed by atoms with Crippen LogP contribution in [0.5, 0.6) is 0 Å². The fourth-order valence-corrected chi connectivity index (χ4v) is 1.06. The van der Waals surface area contributed by atoms with Crippen molar-refractivity contribution in [3.05, 3.63) is 29.6 Å². The van der Waals surface area contributed by atoms with Gasteiger partial charge in [0, 0.05) is 12.4 Å². The van der Waals surface area contributed by atoms with Gasteiger partial charge in [0.2, 0.25) is 0 Å². The highest BCUT2D eigenvalue weighted by Crippen LogP contribution is 2.00. The van der Waals surface area contributed by atoms with Gasteiger partial charge in [-0.1, -0.05) is 0 Å². The third-order valence-electron chi connectivity index (χ3n) is 1.88. The van der Waals surface area contributed by atoms with Gasteiger partial charge >= 0.3 is 5.97 Å². The van der Waals surface area contributed by atoms with E-state index in [9.17, 15) is 9.59 Å². The summed E-state index contributed by atoms with van der Waals surface area (Å²) < 4.78 is 0. The zero-order valence-corrected chi connectivity index (χ0v) is 8.67. The number of nitrogens with zero attached hydrogens (tertiary/aromatic N) is 1. The molecule has 3 N–H and O–H groups in total. The SMILES string of the molecule is Cc1cncc(C(=O)NC[C@H](O)C(=O)O)c1. The summed E-state index contributed by atoms with van der Waals surface area (Å²) in [6, 6.07) is 1.62. The van der Waals surface area contributed by atoms with Gasteiger partial charge in [-0.25, -0.2) is 4.79 Å². The van der Waals surface area contributed by atoms with Crippen LogP contribution in [0.15, 0.2) is 18.5 Å². The van der Waals surface area contributed by atoms with Crippen molar-refractivity contribution in [2.24, 2.45) is 0 Å². The van der Waals surface area contributed by atoms with Crippen LogP contribution < -0.4 is 5.32 Å². The number of pyridine rings is 1. The number of aliphatic hydroxyl groups is 1. The Morgan fingerprint density at radius 3 is 2.75 bits per heavy atom. The number of hydrogen-bond donors (Lipinski definition) is 3. The van der Waals surface area contributed by atoms with E-state index in [1.807, 2.05) is 0 Å². The molecule has 1 aromatic rings. The maximum absolute atomic E-state index is 11.5. The third-order valence-corrected chi connectivity index (χ3v) is 1.88. The third kappa shape index (κ3) is 3.32. The lowest BCUT2D eigenvalue weighted by Crippen LogP contribution is -2.36. The minimum atomic E-state index is -1.60. The van der Waals surface area contributed by atoms with E-state index in [4.69, 9.17) is 10.2 Å². The summed E-state index contributed by atoms with van der Waals surface area (Å²) >= 11 is 0. The first-order valence-electron chi connectivity index (χ1n) is 4.61. The Labute approximate surface area is 91.9 Å². The molecule has 86 valence electrons. The summed E-state index contributed by atoms with van der Waals surface area (Å²) in [7, 11) is 0. The molecule has 0 aromatic carbocycles. The van der Waals surface area contributed by atoms with E-state index in [2.05, 4.69) is 10.3 Å². The molecule has 0 saturated carbocycles. The predicted octanol–water partition coefficient (Wildman–Crippen LogP) is -0.435. The van der Waals surface area contributed by atoms with Crippen molar-refractivity contribution in [3.8, 4) is 0 Å². The Balaban J connectivity index is 2.56. The van der Waals surface area contributed by atoms with Crippen molar-refractivity contribution in [2.45, 2.75) is 13.0 Å². The van der Waals surface area contributed by atoms with Gasteiger partial charge in [0.1, 0.15) is 0 Å². The van der Waals surface area contributed by atoms with Crippen molar-refractivity contribution in [3.63, 3.8) is 0 Å². The lowest BCUT2D eigenvalue weighted by atomic mass is 10.2. The molecule has 0 aliphatic carbocycles. The van der Waals surface area contributed by atoms with E-state index in [1.54, 1.807) is 19.2 Å². The predicted molar refractivity (Wildman–Crippen MR) is 54.9 cm³/mol. The van der Waals surface area contributed by atoms with Crippen LogP contribution in [0, 0.1) is 6.92 Å². The number of carbonyl (C=O) groups excluding carboxylic acids is 1. The van der Waals surface area contributed by atoms with Crippen molar-refractivity contribution in [2.75, 3.05) is 6.54 Å². The Hall–Kier alpha value is -1.95. The van der Waals surface area contributed by atoms with Crippen LogP contribution in [-0.4, -0.2) is 39.7 Å². The van der Waals surface area contributed by atoms with Gasteiger partial charge < -0.3 is 15.5 Å². The first kappa shape index (κ1) is 12.1. The van der Waals surface area contributed by atoms with Crippen molar-refractivity contribution in [1.82, 2.24) is 10.3 Å². The minimum absolute atomic E-state index is 0.331. The minimum Gasteiger partial charge on any atom is -0.479 e. The number of rotatable bonds is 4. The fourth-order valence-electron chi connectivity index (χ4n) is 1.06. The van der Waals surface area contributed by atoms with Crippen molar-refractivity contribution >= 4 is 11.9 Å². The molecule has 1 amide bonds. The highest BCUT2D eigenvalue weighted by molar-refractivity contribution is 5.94. The lowest BCUT2D eigenvalue weighted by Gasteiger charge is -2.07. The van der Waals surface area contributed by atoms with Gasteiger partial charge in [-0.2, -0.15) is 0 Å². The van der Waals surface area contributed by atoms with E-state index in [0.29, 0.717) is 5.56 Å². The number of carbonyl (C=O) groups is 2. The zero-order valence-electron chi connectivity index (χ0n) is 8.67. The van der Waals surface area contributed by atoms with Crippen LogP contribution in [0.4, 0.5) is 0 Å². The van der Waals surface area contributed by atoms with Crippen LogP contribution in [-0.2, 0) is 4.79 Å². The Bertz CT molecular complexity index is 406. The van der Waals surface area contributed by atoms with Gasteiger partial charge in [0.15, 0.2) is 6.10 Å². The van der Waals surface area contributed by atoms with Crippen molar-refractivity contribution in [1.29, 1.82) is 0 Å². The summed E-state index contributed by atoms with van der Waals surface area (Å²) in [6.07, 6.45) is 1.37. The largest absolute Gasteiger partial charge is 0.479 e. The molecule has 0 saturated heterocycles. The van der Waals surface area contributed by atoms with Crippen LogP contribution in [0.1, 0.15) is 15.9 Å². The summed E-state index contributed by atoms with van der Waals surface area (Å²) in [4.78, 5) is 25.6. The number of carboxylic acids is 1. The first-order valence-corrected chi connectivity index (χ1v) is 4.61. The molecule has 0 unspecified atom stereocenters. The second-order valence-corrected chi connectivity index (χ2v) is 3.32. The molecule has 1 atom stereocenters. The number of aliphatic carboxylic acids is 1. The van der Waals surface area contributed by atoms with Crippen LogP contribution in [0.3, 0.4) is 0 Å². The van der Waals surface area contributed by atoms with Gasteiger partial charge in [-0.05, 0) is 18.6 Å². The smallest absolute Gasteiger partial charge is 0.334 e. The van der Waals surface area contributed by atoms with Crippen LogP contribution in [0.25, 0.3) is 0 Å². The standard InChI is InChI=1S/C10H12N2O4/c1-6-2-7(4-11-3-6)9(14)12-5-8(13)10(15)16/h2-4,8,13H,5H2,1H3,(H,12,14)(H,15,16)/t8-/m0/s1. The molecule has 0 spiro atoms. The molecule has 1 rings (SSSR count). The molecule has 1 aromatic heterocycles.